The summed E-state index contributed by atoms with van der Waals surface area (Å²) in [6, 6.07) is 10.2. The Labute approximate surface area is 208 Å². The number of aromatic nitrogens is 4. The minimum absolute atomic E-state index is 0.123. The van der Waals surface area contributed by atoms with E-state index in [0.29, 0.717) is 41.6 Å². The Hall–Kier alpha value is -3.77. The molecule has 0 atom stereocenters. The molecule has 2 aromatic heterocycles. The number of benzene rings is 2. The smallest absolute Gasteiger partial charge is 0.328 e. The zero-order chi connectivity index (χ0) is 26.0. The van der Waals surface area contributed by atoms with Gasteiger partial charge in [0.25, 0.3) is 10.0 Å². The number of hydrogen-bond donors (Lipinski definition) is 1. The maximum Gasteiger partial charge on any atom is 0.328 e. The van der Waals surface area contributed by atoms with Gasteiger partial charge in [0.2, 0.25) is 0 Å². The summed E-state index contributed by atoms with van der Waals surface area (Å²) in [5.41, 5.74) is 1.04. The van der Waals surface area contributed by atoms with Crippen molar-refractivity contribution in [1.82, 2.24) is 18.7 Å². The van der Waals surface area contributed by atoms with Crippen molar-refractivity contribution in [3.63, 3.8) is 0 Å². The number of ether oxygens (including phenoxy) is 3. The molecule has 4 aromatic rings. The fourth-order valence-electron chi connectivity index (χ4n) is 3.69. The summed E-state index contributed by atoms with van der Waals surface area (Å²) in [4.78, 5) is 16.6. The molecule has 12 heteroatoms. The minimum Gasteiger partial charge on any atom is -0.493 e. The summed E-state index contributed by atoms with van der Waals surface area (Å²) < 4.78 is 50.3. The van der Waals surface area contributed by atoms with Gasteiger partial charge in [-0.2, -0.15) is 8.42 Å². The lowest BCUT2D eigenvalue weighted by atomic mass is 10.2. The third kappa shape index (κ3) is 5.09. The van der Waals surface area contributed by atoms with Crippen molar-refractivity contribution in [2.24, 2.45) is 21.1 Å². The highest BCUT2D eigenvalue weighted by Gasteiger charge is 2.23. The number of imidazole rings is 2. The number of nitrogens with one attached hydrogen (secondary N) is 1. The van der Waals surface area contributed by atoms with E-state index in [1.54, 1.807) is 76.1 Å². The van der Waals surface area contributed by atoms with Crippen molar-refractivity contribution in [1.29, 1.82) is 0 Å². The van der Waals surface area contributed by atoms with E-state index in [0.717, 1.165) is 6.42 Å². The van der Waals surface area contributed by atoms with Crippen LogP contribution in [0.5, 0.6) is 17.2 Å². The van der Waals surface area contributed by atoms with Gasteiger partial charge in [-0.1, -0.05) is 6.07 Å². The van der Waals surface area contributed by atoms with Gasteiger partial charge in [0.15, 0.2) is 10.8 Å². The van der Waals surface area contributed by atoms with Gasteiger partial charge >= 0.3 is 5.69 Å². The average molecular weight is 516 g/mol. The number of nitrogens with zero attached hydrogens (tertiary/aromatic N) is 4. The van der Waals surface area contributed by atoms with E-state index in [2.05, 4.69) is 9.71 Å². The van der Waals surface area contributed by atoms with Crippen LogP contribution in [0.15, 0.2) is 52.4 Å². The Morgan fingerprint density at radius 1 is 1.00 bits per heavy atom. The number of sulfonamides is 1. The molecule has 2 aromatic carbocycles. The molecule has 192 valence electrons. The quantitative estimate of drug-likeness (QED) is 0.323. The number of anilines is 1. The third-order valence-electron chi connectivity index (χ3n) is 5.77. The first-order chi connectivity index (χ1) is 17.1. The zero-order valence-electron chi connectivity index (χ0n) is 20.8. The van der Waals surface area contributed by atoms with Crippen molar-refractivity contribution in [2.75, 3.05) is 25.0 Å². The number of hydrogen-bond acceptors (Lipinski definition) is 7. The van der Waals surface area contributed by atoms with Crippen molar-refractivity contribution in [3.05, 3.63) is 58.9 Å². The molecule has 0 aliphatic heterocycles. The molecule has 11 nitrogen and oxygen atoms in total. The number of rotatable bonds is 10. The largest absolute Gasteiger partial charge is 0.493 e. The van der Waals surface area contributed by atoms with Gasteiger partial charge in [-0.25, -0.2) is 9.78 Å². The van der Waals surface area contributed by atoms with Crippen LogP contribution in [0, 0.1) is 6.92 Å². The molecule has 1 N–H and O–H groups in total. The van der Waals surface area contributed by atoms with Crippen LogP contribution >= 0.6 is 0 Å². The van der Waals surface area contributed by atoms with Gasteiger partial charge in [0.1, 0.15) is 17.3 Å². The van der Waals surface area contributed by atoms with Gasteiger partial charge < -0.3 is 18.8 Å². The second kappa shape index (κ2) is 10.1. The minimum atomic E-state index is -4.03. The van der Waals surface area contributed by atoms with Crippen LogP contribution in [-0.2, 0) is 35.9 Å². The van der Waals surface area contributed by atoms with Crippen molar-refractivity contribution < 1.29 is 22.6 Å². The van der Waals surface area contributed by atoms with E-state index in [9.17, 15) is 13.2 Å². The topological polar surface area (TPSA) is 119 Å². The van der Waals surface area contributed by atoms with E-state index in [4.69, 9.17) is 14.2 Å². The molecule has 2 heterocycles. The van der Waals surface area contributed by atoms with Gasteiger partial charge in [0.05, 0.1) is 23.3 Å². The molecule has 0 unspecified atom stereocenters. The zero-order valence-corrected chi connectivity index (χ0v) is 21.6. The second-order valence-corrected chi connectivity index (χ2v) is 9.98. The molecule has 0 fully saturated rings. The summed E-state index contributed by atoms with van der Waals surface area (Å²) in [5.74, 6) is 1.81. The summed E-state index contributed by atoms with van der Waals surface area (Å²) in [5, 5.41) is -0.123. The van der Waals surface area contributed by atoms with E-state index in [-0.39, 0.29) is 22.2 Å². The Bertz CT molecular complexity index is 1550. The number of aryl methyl sites for hydroxylation is 4. The first-order valence-electron chi connectivity index (χ1n) is 11.2. The summed E-state index contributed by atoms with van der Waals surface area (Å²) in [7, 11) is 2.58. The highest BCUT2D eigenvalue weighted by molar-refractivity contribution is 7.92. The fourth-order valence-corrected chi connectivity index (χ4v) is 4.79. The van der Waals surface area contributed by atoms with E-state index in [1.165, 1.54) is 15.3 Å². The summed E-state index contributed by atoms with van der Waals surface area (Å²) in [6.07, 6.45) is 2.17. The van der Waals surface area contributed by atoms with Gasteiger partial charge in [0, 0.05) is 59.6 Å². The van der Waals surface area contributed by atoms with Gasteiger partial charge in [-0.3, -0.25) is 13.9 Å². The van der Waals surface area contributed by atoms with Gasteiger partial charge in [-0.15, -0.1) is 0 Å². The van der Waals surface area contributed by atoms with Crippen molar-refractivity contribution in [2.45, 2.75) is 18.4 Å². The van der Waals surface area contributed by atoms with Gasteiger partial charge in [-0.05, 0) is 25.1 Å². The molecule has 0 radical (unpaired) electrons. The number of fused-ring (bicyclic) bond motifs is 1. The second-order valence-electron chi connectivity index (χ2n) is 8.35. The highest BCUT2D eigenvalue weighted by Crippen LogP contribution is 2.36. The fraction of sp³-hybridized carbons (Fsp3) is 0.333. The van der Waals surface area contributed by atoms with Crippen molar-refractivity contribution in [3.8, 4) is 17.2 Å². The lowest BCUT2D eigenvalue weighted by Crippen LogP contribution is -2.19. The van der Waals surface area contributed by atoms with Crippen LogP contribution in [-0.4, -0.2) is 47.4 Å². The summed E-state index contributed by atoms with van der Waals surface area (Å²) >= 11 is 0. The highest BCUT2D eigenvalue weighted by atomic mass is 32.2. The van der Waals surface area contributed by atoms with E-state index < -0.39 is 10.0 Å². The predicted octanol–water partition coefficient (Wildman–Crippen LogP) is 2.93. The first-order valence-corrected chi connectivity index (χ1v) is 12.7. The SMILES string of the molecule is COCCCOc1cccc(Oc2cc3c(cc2NS(=O)(=O)c2cn(C)c(C)n2)n(C)c(=O)n3C)c1. The molecule has 0 amide bonds. The van der Waals surface area contributed by atoms with Crippen LogP contribution in [0.25, 0.3) is 11.0 Å². The lowest BCUT2D eigenvalue weighted by Gasteiger charge is -2.14. The molecule has 0 aliphatic rings. The Balaban J connectivity index is 1.73. The lowest BCUT2D eigenvalue weighted by molar-refractivity contribution is 0.172. The van der Waals surface area contributed by atoms with E-state index in [1.807, 2.05) is 0 Å². The third-order valence-corrected chi connectivity index (χ3v) is 7.01. The Morgan fingerprint density at radius 2 is 1.69 bits per heavy atom. The molecule has 4 rings (SSSR count). The van der Waals surface area contributed by atoms with Crippen LogP contribution in [0.1, 0.15) is 12.2 Å². The standard InChI is InChI=1S/C24H29N5O6S/c1-16-25-23(15-27(16)2)36(31,32)26-19-13-20-21(29(4)24(30)28(20)3)14-22(19)35-18-9-6-8-17(12-18)34-11-7-10-33-5/h6,8-9,12-15,26H,7,10-11H2,1-5H3. The molecule has 0 saturated carbocycles. The van der Waals surface area contributed by atoms with Crippen LogP contribution in [0.4, 0.5) is 5.69 Å². The normalized spacial score (nSPS) is 11.7. The molecule has 36 heavy (non-hydrogen) atoms. The summed E-state index contributed by atoms with van der Waals surface area (Å²) in [6.45, 7) is 2.78. The van der Waals surface area contributed by atoms with Crippen LogP contribution < -0.4 is 19.9 Å². The molecule has 0 bridgehead atoms. The molecule has 0 aliphatic carbocycles. The molecular formula is C24H29N5O6S. The monoisotopic (exact) mass is 515 g/mol. The average Bonchev–Trinajstić information content (AvgIpc) is 3.29. The van der Waals surface area contributed by atoms with Crippen LogP contribution in [0.2, 0.25) is 0 Å². The van der Waals surface area contributed by atoms with E-state index >= 15 is 0 Å². The maximum atomic E-state index is 13.1. The van der Waals surface area contributed by atoms with Crippen LogP contribution in [0.3, 0.4) is 0 Å². The Morgan fingerprint density at radius 3 is 2.36 bits per heavy atom. The molecular weight excluding hydrogens is 486 g/mol. The molecule has 0 saturated heterocycles. The first kappa shape index (κ1) is 25.3. The molecule has 0 spiro atoms. The number of methoxy groups -OCH3 is 1. The van der Waals surface area contributed by atoms with Crippen molar-refractivity contribution >= 4 is 26.7 Å². The Kier molecular flexibility index (Phi) is 7.09. The maximum absolute atomic E-state index is 13.1. The predicted molar refractivity (Wildman–Crippen MR) is 135 cm³/mol.